The van der Waals surface area contributed by atoms with Gasteiger partial charge in [-0.25, -0.2) is 14.4 Å². The fourth-order valence-corrected chi connectivity index (χ4v) is 2.80. The molecule has 4 aromatic rings. The predicted octanol–water partition coefficient (Wildman–Crippen LogP) is 2.89. The zero-order chi connectivity index (χ0) is 19.7. The summed E-state index contributed by atoms with van der Waals surface area (Å²) in [6.45, 7) is 0. The summed E-state index contributed by atoms with van der Waals surface area (Å²) in [5.74, 6) is -1.62. The van der Waals surface area contributed by atoms with Crippen molar-refractivity contribution < 1.29 is 14.0 Å². The van der Waals surface area contributed by atoms with Crippen molar-refractivity contribution in [3.05, 3.63) is 84.2 Å². The third-order valence-electron chi connectivity index (χ3n) is 4.14. The molecule has 3 N–H and O–H groups in total. The molecule has 0 aliphatic rings. The second-order valence-corrected chi connectivity index (χ2v) is 6.00. The predicted molar refractivity (Wildman–Crippen MR) is 101 cm³/mol. The topological polar surface area (TPSA) is 102 Å². The summed E-state index contributed by atoms with van der Waals surface area (Å²) in [6.07, 6.45) is 1.32. The quantitative estimate of drug-likeness (QED) is 0.572. The first-order chi connectivity index (χ1) is 13.5. The molecule has 0 fully saturated rings. The number of fused-ring (bicyclic) bond motifs is 1. The van der Waals surface area contributed by atoms with Crippen LogP contribution in [0.3, 0.4) is 0 Å². The van der Waals surface area contributed by atoms with Crippen molar-refractivity contribution in [1.29, 1.82) is 0 Å². The van der Waals surface area contributed by atoms with Crippen LogP contribution in [0.1, 0.15) is 21.0 Å². The molecule has 2 aromatic carbocycles. The lowest BCUT2D eigenvalue weighted by Gasteiger charge is -2.10. The molecule has 28 heavy (non-hydrogen) atoms. The van der Waals surface area contributed by atoms with Gasteiger partial charge in [-0.15, -0.1) is 0 Å². The molecule has 7 nitrogen and oxygen atoms in total. The Morgan fingerprint density at radius 3 is 2.43 bits per heavy atom. The minimum Gasteiger partial charge on any atom is -0.364 e. The van der Waals surface area contributed by atoms with E-state index in [1.165, 1.54) is 35.0 Å². The lowest BCUT2D eigenvalue weighted by molar-refractivity contribution is 0.0993. The number of hydrogen-bond donors (Lipinski definition) is 2. The number of carbonyl (C=O) groups is 2. The molecule has 8 heteroatoms. The number of hydrogen-bond acceptors (Lipinski definition) is 4. The normalized spacial score (nSPS) is 10.8. The highest BCUT2D eigenvalue weighted by Crippen LogP contribution is 2.22. The number of amides is 2. The fourth-order valence-electron chi connectivity index (χ4n) is 2.80. The number of nitrogens with one attached hydrogen (secondary N) is 1. The lowest BCUT2D eigenvalue weighted by Crippen LogP contribution is -2.17. The number of nitrogens with zero attached hydrogens (tertiary/aromatic N) is 3. The first-order valence-corrected chi connectivity index (χ1v) is 8.33. The van der Waals surface area contributed by atoms with Gasteiger partial charge in [0.2, 0.25) is 0 Å². The molecule has 2 aromatic heterocycles. The highest BCUT2D eigenvalue weighted by Gasteiger charge is 2.19. The number of primary amides is 1. The van der Waals surface area contributed by atoms with Gasteiger partial charge in [0.1, 0.15) is 17.8 Å². The Hall–Kier alpha value is -4.07. The molecular formula is C20H14FN5O2. The minimum atomic E-state index is -0.745. The molecule has 0 aliphatic carbocycles. The zero-order valence-electron chi connectivity index (χ0n) is 14.5. The summed E-state index contributed by atoms with van der Waals surface area (Å²) in [6, 6.07) is 16.2. The molecule has 0 radical (unpaired) electrons. The monoisotopic (exact) mass is 375 g/mol. The van der Waals surface area contributed by atoms with Gasteiger partial charge in [-0.3, -0.25) is 14.0 Å². The number of imidazole rings is 1. The Morgan fingerprint density at radius 2 is 1.75 bits per heavy atom. The van der Waals surface area contributed by atoms with Gasteiger partial charge in [0, 0.05) is 11.3 Å². The van der Waals surface area contributed by atoms with E-state index >= 15 is 0 Å². The zero-order valence-corrected chi connectivity index (χ0v) is 14.5. The number of nitrogens with two attached hydrogens (primary N) is 1. The Balaban J connectivity index is 1.85. The standard InChI is InChI=1S/C20H14FN5O2/c21-13-6-8-14(9-7-13)24-20(28)16-10-15(12-4-2-1-3-5-12)25-19-17(18(22)27)23-11-26(16)19/h1-11H,(H2,22,27)(H,24,28). The first kappa shape index (κ1) is 17.3. The van der Waals surface area contributed by atoms with Crippen molar-refractivity contribution in [2.75, 3.05) is 5.32 Å². The van der Waals surface area contributed by atoms with Gasteiger partial charge < -0.3 is 11.1 Å². The van der Waals surface area contributed by atoms with Crippen LogP contribution < -0.4 is 11.1 Å². The SMILES string of the molecule is NC(=O)c1ncn2c(C(=O)Nc3ccc(F)cc3)cc(-c3ccccc3)nc12. The molecule has 2 amide bonds. The van der Waals surface area contributed by atoms with Gasteiger partial charge in [-0.05, 0) is 30.3 Å². The van der Waals surface area contributed by atoms with Crippen LogP contribution in [0, 0.1) is 5.82 Å². The molecule has 2 heterocycles. The minimum absolute atomic E-state index is 0.0337. The molecule has 0 aliphatic heterocycles. The van der Waals surface area contributed by atoms with Crippen LogP contribution >= 0.6 is 0 Å². The van der Waals surface area contributed by atoms with Crippen molar-refractivity contribution in [1.82, 2.24) is 14.4 Å². The highest BCUT2D eigenvalue weighted by molar-refractivity contribution is 6.05. The van der Waals surface area contributed by atoms with E-state index in [9.17, 15) is 14.0 Å². The largest absolute Gasteiger partial charge is 0.364 e. The summed E-state index contributed by atoms with van der Waals surface area (Å²) in [7, 11) is 0. The first-order valence-electron chi connectivity index (χ1n) is 8.33. The van der Waals surface area contributed by atoms with E-state index in [0.29, 0.717) is 11.4 Å². The summed E-state index contributed by atoms with van der Waals surface area (Å²) < 4.78 is 14.5. The number of halogens is 1. The third-order valence-corrected chi connectivity index (χ3v) is 4.14. The van der Waals surface area contributed by atoms with Gasteiger partial charge in [-0.2, -0.15) is 0 Å². The smallest absolute Gasteiger partial charge is 0.272 e. The van der Waals surface area contributed by atoms with Crippen LogP contribution in [0.25, 0.3) is 16.9 Å². The van der Waals surface area contributed by atoms with Crippen LogP contribution in [0.15, 0.2) is 67.0 Å². The maximum atomic E-state index is 13.1. The maximum Gasteiger partial charge on any atom is 0.272 e. The third kappa shape index (κ3) is 3.18. The van der Waals surface area contributed by atoms with E-state index < -0.39 is 17.6 Å². The molecule has 0 saturated heterocycles. The Kier molecular flexibility index (Phi) is 4.29. The lowest BCUT2D eigenvalue weighted by atomic mass is 10.1. The number of aromatic nitrogens is 3. The fraction of sp³-hybridized carbons (Fsp3) is 0. The Bertz CT molecular complexity index is 1190. The molecule has 138 valence electrons. The Labute approximate surface area is 158 Å². The molecule has 0 bridgehead atoms. The molecule has 0 saturated carbocycles. The summed E-state index contributed by atoms with van der Waals surface area (Å²) in [4.78, 5) is 33.0. The van der Waals surface area contributed by atoms with Crippen LogP contribution in [0.4, 0.5) is 10.1 Å². The number of anilines is 1. The van der Waals surface area contributed by atoms with Crippen LogP contribution in [0.5, 0.6) is 0 Å². The summed E-state index contributed by atoms with van der Waals surface area (Å²) in [5, 5.41) is 2.70. The van der Waals surface area contributed by atoms with E-state index in [4.69, 9.17) is 5.73 Å². The van der Waals surface area contributed by atoms with Gasteiger partial charge in [0.25, 0.3) is 11.8 Å². The second kappa shape index (κ2) is 6.92. The van der Waals surface area contributed by atoms with E-state index in [0.717, 1.165) is 5.56 Å². The van der Waals surface area contributed by atoms with Crippen molar-refractivity contribution >= 4 is 23.1 Å². The van der Waals surface area contributed by atoms with Gasteiger partial charge in [0.15, 0.2) is 11.3 Å². The molecule has 0 unspecified atom stereocenters. The Morgan fingerprint density at radius 1 is 1.04 bits per heavy atom. The number of benzene rings is 2. The summed E-state index contributed by atoms with van der Waals surface area (Å²) >= 11 is 0. The van der Waals surface area contributed by atoms with Crippen LogP contribution in [-0.4, -0.2) is 26.2 Å². The number of rotatable bonds is 4. The van der Waals surface area contributed by atoms with Gasteiger partial charge >= 0.3 is 0 Å². The average molecular weight is 375 g/mol. The van der Waals surface area contributed by atoms with Crippen molar-refractivity contribution in [3.8, 4) is 11.3 Å². The number of carbonyl (C=O) groups excluding carboxylic acids is 2. The van der Waals surface area contributed by atoms with E-state index in [-0.39, 0.29) is 17.0 Å². The van der Waals surface area contributed by atoms with Crippen molar-refractivity contribution in [3.63, 3.8) is 0 Å². The van der Waals surface area contributed by atoms with Crippen molar-refractivity contribution in [2.24, 2.45) is 5.73 Å². The van der Waals surface area contributed by atoms with Crippen molar-refractivity contribution in [2.45, 2.75) is 0 Å². The maximum absolute atomic E-state index is 13.1. The van der Waals surface area contributed by atoms with E-state index in [1.54, 1.807) is 6.07 Å². The average Bonchev–Trinajstić information content (AvgIpc) is 3.14. The van der Waals surface area contributed by atoms with Gasteiger partial charge in [0.05, 0.1) is 5.69 Å². The highest BCUT2D eigenvalue weighted by atomic mass is 19.1. The summed E-state index contributed by atoms with van der Waals surface area (Å²) in [5.41, 5.74) is 7.41. The van der Waals surface area contributed by atoms with Crippen LogP contribution in [0.2, 0.25) is 0 Å². The second-order valence-electron chi connectivity index (χ2n) is 6.00. The molecular weight excluding hydrogens is 361 g/mol. The van der Waals surface area contributed by atoms with Crippen LogP contribution in [-0.2, 0) is 0 Å². The molecule has 0 spiro atoms. The van der Waals surface area contributed by atoms with E-state index in [2.05, 4.69) is 15.3 Å². The van der Waals surface area contributed by atoms with Gasteiger partial charge in [-0.1, -0.05) is 30.3 Å². The molecule has 0 atom stereocenters. The van der Waals surface area contributed by atoms with E-state index in [1.807, 2.05) is 30.3 Å². The molecule has 4 rings (SSSR count).